The topological polar surface area (TPSA) is 46.1 Å². The summed E-state index contributed by atoms with van der Waals surface area (Å²) in [5.41, 5.74) is 1.09. The fourth-order valence-electron chi connectivity index (χ4n) is 2.37. The van der Waals surface area contributed by atoms with Crippen molar-refractivity contribution in [1.82, 2.24) is 15.2 Å². The molecule has 1 amide bonds. The maximum absolute atomic E-state index is 12.0. The summed E-state index contributed by atoms with van der Waals surface area (Å²) in [7, 11) is 0. The molecule has 1 aromatic rings. The molecule has 1 saturated carbocycles. The van der Waals surface area contributed by atoms with Gasteiger partial charge in [0.05, 0.1) is 0 Å². The maximum atomic E-state index is 12.0. The van der Waals surface area contributed by atoms with Crippen LogP contribution in [0.25, 0.3) is 0 Å². The summed E-state index contributed by atoms with van der Waals surface area (Å²) in [6.07, 6.45) is 1.57. The van der Waals surface area contributed by atoms with Crippen molar-refractivity contribution in [3.8, 4) is 0 Å². The molecule has 0 bridgehead atoms. The molecule has 1 heterocycles. The Morgan fingerprint density at radius 2 is 2.19 bits per heavy atom. The number of aromatic nitrogens is 1. The summed E-state index contributed by atoms with van der Waals surface area (Å²) in [5, 5.41) is 5.28. The van der Waals surface area contributed by atoms with E-state index in [1.807, 2.05) is 24.5 Å². The molecule has 2 N–H and O–H groups in total. The van der Waals surface area contributed by atoms with Gasteiger partial charge in [-0.05, 0) is 36.9 Å². The number of amides is 1. The van der Waals surface area contributed by atoms with Gasteiger partial charge in [0, 0.05) is 18.4 Å². The van der Waals surface area contributed by atoms with Gasteiger partial charge in [0.2, 0.25) is 5.91 Å². The first kappa shape index (κ1) is 15.9. The molecule has 118 valence electrons. The minimum absolute atomic E-state index is 0.0976. The number of carbonyl (C=O) groups excluding carboxylic acids is 1. The third kappa shape index (κ3) is 5.08. The minimum atomic E-state index is -4.38. The second-order valence-electron chi connectivity index (χ2n) is 5.38. The van der Waals surface area contributed by atoms with Crippen molar-refractivity contribution in [1.29, 1.82) is 0 Å². The Labute approximate surface area is 121 Å². The van der Waals surface area contributed by atoms with E-state index in [9.17, 15) is 18.0 Å². The Morgan fingerprint density at radius 3 is 2.76 bits per heavy atom. The fourth-order valence-corrected chi connectivity index (χ4v) is 2.37. The molecule has 4 nitrogen and oxygen atoms in total. The lowest BCUT2D eigenvalue weighted by molar-refractivity contribution is -0.138. The normalized spacial score (nSPS) is 16.8. The number of rotatable bonds is 7. The second-order valence-corrected chi connectivity index (χ2v) is 5.38. The molecule has 1 aliphatic carbocycles. The van der Waals surface area contributed by atoms with Gasteiger partial charge >= 0.3 is 6.18 Å². The lowest BCUT2D eigenvalue weighted by atomic mass is 10.1. The Balaban J connectivity index is 1.88. The van der Waals surface area contributed by atoms with Gasteiger partial charge in [-0.1, -0.05) is 6.92 Å². The molecule has 2 rings (SSSR count). The summed E-state index contributed by atoms with van der Waals surface area (Å²) in [6.45, 7) is 1.51. The van der Waals surface area contributed by atoms with Crippen molar-refractivity contribution >= 4 is 5.91 Å². The highest BCUT2D eigenvalue weighted by molar-refractivity contribution is 5.75. The summed E-state index contributed by atoms with van der Waals surface area (Å²) < 4.78 is 37.7. The van der Waals surface area contributed by atoms with Crippen LogP contribution in [0.3, 0.4) is 0 Å². The Hall–Kier alpha value is -1.50. The highest BCUT2D eigenvalue weighted by Gasteiger charge is 2.32. The highest BCUT2D eigenvalue weighted by atomic mass is 19.4. The van der Waals surface area contributed by atoms with Gasteiger partial charge in [-0.25, -0.2) is 0 Å². The van der Waals surface area contributed by atoms with Gasteiger partial charge in [-0.15, -0.1) is 0 Å². The molecular weight excluding hydrogens is 283 g/mol. The molecule has 1 unspecified atom stereocenters. The van der Waals surface area contributed by atoms with Crippen LogP contribution in [0, 0.1) is 5.92 Å². The number of carbonyl (C=O) groups is 1. The lowest BCUT2D eigenvalue weighted by Crippen LogP contribution is -2.35. The number of nitrogens with zero attached hydrogens (tertiary/aromatic N) is 1. The third-order valence-corrected chi connectivity index (χ3v) is 3.46. The monoisotopic (exact) mass is 303 g/mol. The molecule has 7 heteroatoms. The van der Waals surface area contributed by atoms with Crippen molar-refractivity contribution in [2.45, 2.75) is 38.5 Å². The predicted octanol–water partition coefficient (Wildman–Crippen LogP) is 2.23. The van der Waals surface area contributed by atoms with Crippen LogP contribution < -0.4 is 10.6 Å². The van der Waals surface area contributed by atoms with Crippen LogP contribution in [-0.4, -0.2) is 29.7 Å². The average molecular weight is 303 g/mol. The van der Waals surface area contributed by atoms with Crippen molar-refractivity contribution in [3.63, 3.8) is 0 Å². The SMILES string of the molecule is CCNC(c1ccn(CC(=O)NCC(F)(F)F)c1)C1CC1. The molecular formula is C14H20F3N3O. The molecule has 21 heavy (non-hydrogen) atoms. The zero-order valence-corrected chi connectivity index (χ0v) is 11.9. The molecule has 1 fully saturated rings. The second kappa shape index (κ2) is 6.51. The van der Waals surface area contributed by atoms with Crippen molar-refractivity contribution in [2.24, 2.45) is 5.92 Å². The molecule has 0 radical (unpaired) electrons. The molecule has 0 aromatic carbocycles. The van der Waals surface area contributed by atoms with E-state index in [1.54, 1.807) is 10.8 Å². The third-order valence-electron chi connectivity index (χ3n) is 3.46. The van der Waals surface area contributed by atoms with Crippen LogP contribution in [-0.2, 0) is 11.3 Å². The molecule has 1 atom stereocenters. The summed E-state index contributed by atoms with van der Waals surface area (Å²) in [5.74, 6) is -0.0132. The molecule has 0 saturated heterocycles. The van der Waals surface area contributed by atoms with E-state index in [0.717, 1.165) is 12.1 Å². The molecule has 1 aliphatic rings. The first-order valence-electron chi connectivity index (χ1n) is 7.11. The van der Waals surface area contributed by atoms with E-state index < -0.39 is 18.6 Å². The Bertz CT molecular complexity index is 480. The van der Waals surface area contributed by atoms with Gasteiger partial charge in [0.15, 0.2) is 0 Å². The van der Waals surface area contributed by atoms with E-state index in [0.29, 0.717) is 5.92 Å². The zero-order valence-electron chi connectivity index (χ0n) is 11.9. The molecule has 0 spiro atoms. The Kier molecular flexibility index (Phi) is 4.92. The van der Waals surface area contributed by atoms with Crippen LogP contribution in [0.2, 0.25) is 0 Å². The quantitative estimate of drug-likeness (QED) is 0.811. The van der Waals surface area contributed by atoms with E-state index >= 15 is 0 Å². The van der Waals surface area contributed by atoms with Crippen LogP contribution in [0.5, 0.6) is 0 Å². The average Bonchev–Trinajstić information content (AvgIpc) is 3.13. The van der Waals surface area contributed by atoms with Crippen molar-refractivity contribution in [2.75, 3.05) is 13.1 Å². The summed E-state index contributed by atoms with van der Waals surface area (Å²) in [6, 6.07) is 2.19. The predicted molar refractivity (Wildman–Crippen MR) is 72.6 cm³/mol. The van der Waals surface area contributed by atoms with Gasteiger partial charge in [-0.2, -0.15) is 13.2 Å². The maximum Gasteiger partial charge on any atom is 0.405 e. The Morgan fingerprint density at radius 1 is 1.48 bits per heavy atom. The first-order valence-corrected chi connectivity index (χ1v) is 7.11. The van der Waals surface area contributed by atoms with Crippen molar-refractivity contribution < 1.29 is 18.0 Å². The van der Waals surface area contributed by atoms with E-state index in [-0.39, 0.29) is 12.6 Å². The number of halogens is 3. The molecule has 0 aliphatic heterocycles. The van der Waals surface area contributed by atoms with Crippen molar-refractivity contribution in [3.05, 3.63) is 24.0 Å². The number of nitrogens with one attached hydrogen (secondary N) is 2. The van der Waals surface area contributed by atoms with Crippen LogP contribution in [0.4, 0.5) is 13.2 Å². The smallest absolute Gasteiger partial charge is 0.345 e. The first-order chi connectivity index (χ1) is 9.89. The lowest BCUT2D eigenvalue weighted by Gasteiger charge is -2.15. The number of alkyl halides is 3. The van der Waals surface area contributed by atoms with E-state index in [2.05, 4.69) is 5.32 Å². The van der Waals surface area contributed by atoms with Gasteiger partial charge in [0.25, 0.3) is 0 Å². The fraction of sp³-hybridized carbons (Fsp3) is 0.643. The largest absolute Gasteiger partial charge is 0.405 e. The summed E-state index contributed by atoms with van der Waals surface area (Å²) in [4.78, 5) is 11.5. The van der Waals surface area contributed by atoms with E-state index in [4.69, 9.17) is 0 Å². The van der Waals surface area contributed by atoms with Gasteiger partial charge in [0.1, 0.15) is 13.1 Å². The van der Waals surface area contributed by atoms with Crippen LogP contribution in [0.15, 0.2) is 18.5 Å². The molecule has 1 aromatic heterocycles. The number of hydrogen-bond donors (Lipinski definition) is 2. The number of hydrogen-bond acceptors (Lipinski definition) is 2. The van der Waals surface area contributed by atoms with Gasteiger partial charge < -0.3 is 15.2 Å². The summed E-state index contributed by atoms with van der Waals surface area (Å²) >= 11 is 0. The minimum Gasteiger partial charge on any atom is -0.345 e. The standard InChI is InChI=1S/C14H20F3N3O/c1-2-18-13(10-3-4-10)11-5-6-20(7-11)8-12(21)19-9-14(15,16)17/h5-7,10,13,18H,2-4,8-9H2,1H3,(H,19,21). The highest BCUT2D eigenvalue weighted by Crippen LogP contribution is 2.40. The zero-order chi connectivity index (χ0) is 15.5. The van der Waals surface area contributed by atoms with E-state index in [1.165, 1.54) is 12.8 Å². The van der Waals surface area contributed by atoms with Crippen LogP contribution >= 0.6 is 0 Å². The van der Waals surface area contributed by atoms with Gasteiger partial charge in [-0.3, -0.25) is 4.79 Å². The van der Waals surface area contributed by atoms with Crippen LogP contribution in [0.1, 0.15) is 31.4 Å².